The smallest absolute Gasteiger partial charge is 0.181 e. The van der Waals surface area contributed by atoms with Gasteiger partial charge in [-0.25, -0.2) is 4.98 Å². The lowest BCUT2D eigenvalue weighted by Gasteiger charge is -1.89. The molecule has 56 valence electrons. The summed E-state index contributed by atoms with van der Waals surface area (Å²) in [6, 6.07) is 0. The van der Waals surface area contributed by atoms with E-state index in [9.17, 15) is 0 Å². The highest BCUT2D eigenvalue weighted by Crippen LogP contribution is 2.25. The molecule has 0 amide bonds. The average Bonchev–Trinajstić information content (AvgIpc) is 2.13. The van der Waals surface area contributed by atoms with E-state index in [0.717, 1.165) is 5.69 Å². The van der Waals surface area contributed by atoms with E-state index >= 15 is 0 Å². The molecule has 0 bridgehead atoms. The van der Waals surface area contributed by atoms with Crippen molar-refractivity contribution in [3.05, 3.63) is 10.0 Å². The maximum absolute atomic E-state index is 5.74. The molecule has 1 aromatic heterocycles. The van der Waals surface area contributed by atoms with E-state index in [0.29, 0.717) is 22.4 Å². The van der Waals surface area contributed by atoms with Gasteiger partial charge in [-0.3, -0.25) is 0 Å². The summed E-state index contributed by atoms with van der Waals surface area (Å²) in [5.41, 5.74) is 11.5. The normalized spacial score (nSPS) is 10.2. The van der Waals surface area contributed by atoms with Gasteiger partial charge in [-0.1, -0.05) is 22.9 Å². The van der Waals surface area contributed by atoms with Gasteiger partial charge >= 0.3 is 0 Å². The zero-order valence-electron chi connectivity index (χ0n) is 5.30. The Morgan fingerprint density at radius 1 is 1.60 bits per heavy atom. The number of rotatable bonds is 2. The maximum atomic E-state index is 5.74. The fourth-order valence-electron chi connectivity index (χ4n) is 0.641. The number of aromatic nitrogens is 1. The lowest BCUT2D eigenvalue weighted by molar-refractivity contribution is 0.937. The lowest BCUT2D eigenvalue weighted by Crippen LogP contribution is -2.03. The van der Waals surface area contributed by atoms with Gasteiger partial charge in [-0.15, -0.1) is 0 Å². The second kappa shape index (κ2) is 3.18. The van der Waals surface area contributed by atoms with Gasteiger partial charge in [0.2, 0.25) is 0 Å². The summed E-state index contributed by atoms with van der Waals surface area (Å²) in [5, 5.41) is 0.508. The molecule has 0 unspecified atom stereocenters. The van der Waals surface area contributed by atoms with Crippen LogP contribution in [0, 0.1) is 0 Å². The first-order chi connectivity index (χ1) is 4.74. The topological polar surface area (TPSA) is 64.9 Å². The molecule has 0 atom stereocenters. The number of thiazole rings is 1. The van der Waals surface area contributed by atoms with Crippen molar-refractivity contribution in [1.82, 2.24) is 4.98 Å². The van der Waals surface area contributed by atoms with Gasteiger partial charge in [0.1, 0.15) is 4.34 Å². The zero-order valence-corrected chi connectivity index (χ0v) is 6.87. The number of nitrogens with two attached hydrogens (primary N) is 2. The van der Waals surface area contributed by atoms with E-state index in [2.05, 4.69) is 4.98 Å². The zero-order chi connectivity index (χ0) is 7.56. The standard InChI is InChI=1S/C5H8ClN3S/c6-4-3(1-2-7)9-5(8)10-4/h1-2,7H2,(H2,8,9). The highest BCUT2D eigenvalue weighted by Gasteiger charge is 2.04. The number of hydrogen-bond donors (Lipinski definition) is 2. The summed E-state index contributed by atoms with van der Waals surface area (Å²) < 4.78 is 0.656. The van der Waals surface area contributed by atoms with Crippen LogP contribution in [0.2, 0.25) is 4.34 Å². The number of anilines is 1. The molecule has 5 heteroatoms. The highest BCUT2D eigenvalue weighted by atomic mass is 35.5. The number of hydrogen-bond acceptors (Lipinski definition) is 4. The molecule has 0 aliphatic rings. The molecule has 0 saturated carbocycles. The Bertz CT molecular complexity index is 223. The third kappa shape index (κ3) is 1.59. The van der Waals surface area contributed by atoms with Crippen molar-refractivity contribution in [2.45, 2.75) is 6.42 Å². The molecular formula is C5H8ClN3S. The maximum Gasteiger partial charge on any atom is 0.181 e. The van der Waals surface area contributed by atoms with Gasteiger partial charge < -0.3 is 11.5 Å². The van der Waals surface area contributed by atoms with Crippen molar-refractivity contribution in [2.24, 2.45) is 5.73 Å². The van der Waals surface area contributed by atoms with Crippen LogP contribution in [-0.4, -0.2) is 11.5 Å². The van der Waals surface area contributed by atoms with E-state index in [4.69, 9.17) is 23.1 Å². The molecule has 10 heavy (non-hydrogen) atoms. The highest BCUT2D eigenvalue weighted by molar-refractivity contribution is 7.19. The lowest BCUT2D eigenvalue weighted by atomic mass is 10.3. The molecule has 0 fully saturated rings. The van der Waals surface area contributed by atoms with E-state index in [1.807, 2.05) is 0 Å². The molecule has 4 N–H and O–H groups in total. The van der Waals surface area contributed by atoms with Crippen LogP contribution in [0.3, 0.4) is 0 Å². The van der Waals surface area contributed by atoms with Crippen molar-refractivity contribution in [1.29, 1.82) is 0 Å². The fourth-order valence-corrected chi connectivity index (χ4v) is 1.62. The van der Waals surface area contributed by atoms with Crippen molar-refractivity contribution in [3.8, 4) is 0 Å². The molecule has 0 saturated heterocycles. The number of nitrogens with zero attached hydrogens (tertiary/aromatic N) is 1. The van der Waals surface area contributed by atoms with Crippen molar-refractivity contribution >= 4 is 28.1 Å². The Balaban J connectivity index is 2.81. The second-order valence-electron chi connectivity index (χ2n) is 1.81. The molecule has 0 aliphatic carbocycles. The van der Waals surface area contributed by atoms with Gasteiger partial charge in [-0.2, -0.15) is 0 Å². The van der Waals surface area contributed by atoms with Crippen LogP contribution in [0.1, 0.15) is 5.69 Å². The summed E-state index contributed by atoms with van der Waals surface area (Å²) in [4.78, 5) is 3.98. The Morgan fingerprint density at radius 3 is 2.70 bits per heavy atom. The molecule has 0 spiro atoms. The molecular weight excluding hydrogens is 170 g/mol. The number of halogens is 1. The molecule has 0 radical (unpaired) electrons. The van der Waals surface area contributed by atoms with Gasteiger partial charge in [0.05, 0.1) is 5.69 Å². The molecule has 1 rings (SSSR count). The average molecular weight is 178 g/mol. The van der Waals surface area contributed by atoms with Crippen molar-refractivity contribution < 1.29 is 0 Å². The molecule has 1 aromatic rings. The van der Waals surface area contributed by atoms with Crippen LogP contribution in [-0.2, 0) is 6.42 Å². The first-order valence-electron chi connectivity index (χ1n) is 2.84. The largest absolute Gasteiger partial charge is 0.375 e. The van der Waals surface area contributed by atoms with Crippen LogP contribution in [0.25, 0.3) is 0 Å². The van der Waals surface area contributed by atoms with Crippen molar-refractivity contribution in [3.63, 3.8) is 0 Å². The molecule has 3 nitrogen and oxygen atoms in total. The molecule has 1 heterocycles. The van der Waals surface area contributed by atoms with E-state index < -0.39 is 0 Å². The van der Waals surface area contributed by atoms with E-state index in [1.54, 1.807) is 0 Å². The summed E-state index contributed by atoms with van der Waals surface area (Å²) >= 11 is 7.03. The van der Waals surface area contributed by atoms with Crippen LogP contribution in [0.15, 0.2) is 0 Å². The van der Waals surface area contributed by atoms with Crippen LogP contribution in [0.5, 0.6) is 0 Å². The summed E-state index contributed by atoms with van der Waals surface area (Å²) in [6.07, 6.45) is 0.701. The fraction of sp³-hybridized carbons (Fsp3) is 0.400. The van der Waals surface area contributed by atoms with Gasteiger partial charge in [0.15, 0.2) is 5.13 Å². The Kier molecular flexibility index (Phi) is 2.48. The SMILES string of the molecule is NCCc1nc(N)sc1Cl. The Labute approximate surface area is 68.0 Å². The predicted molar refractivity (Wildman–Crippen MR) is 44.3 cm³/mol. The quantitative estimate of drug-likeness (QED) is 0.705. The van der Waals surface area contributed by atoms with Gasteiger partial charge in [-0.05, 0) is 6.54 Å². The predicted octanol–water partition coefficient (Wildman–Crippen LogP) is 0.880. The van der Waals surface area contributed by atoms with Crippen LogP contribution >= 0.6 is 22.9 Å². The van der Waals surface area contributed by atoms with E-state index in [1.165, 1.54) is 11.3 Å². The summed E-state index contributed by atoms with van der Waals surface area (Å²) in [6.45, 7) is 0.558. The Morgan fingerprint density at radius 2 is 2.30 bits per heavy atom. The van der Waals surface area contributed by atoms with Crippen LogP contribution < -0.4 is 11.5 Å². The Hall–Kier alpha value is -0.320. The minimum absolute atomic E-state index is 0.508. The first-order valence-corrected chi connectivity index (χ1v) is 4.04. The molecule has 0 aliphatic heterocycles. The van der Waals surface area contributed by atoms with Gasteiger partial charge in [0.25, 0.3) is 0 Å². The van der Waals surface area contributed by atoms with E-state index in [-0.39, 0.29) is 0 Å². The minimum Gasteiger partial charge on any atom is -0.375 e. The van der Waals surface area contributed by atoms with Crippen LogP contribution in [0.4, 0.5) is 5.13 Å². The monoisotopic (exact) mass is 177 g/mol. The second-order valence-corrected chi connectivity index (χ2v) is 3.44. The molecule has 0 aromatic carbocycles. The first kappa shape index (κ1) is 7.78. The van der Waals surface area contributed by atoms with Gasteiger partial charge in [0, 0.05) is 6.42 Å². The summed E-state index contributed by atoms with van der Waals surface area (Å²) in [5.74, 6) is 0. The van der Waals surface area contributed by atoms with Crippen molar-refractivity contribution in [2.75, 3.05) is 12.3 Å². The third-order valence-corrected chi connectivity index (χ3v) is 2.21. The summed E-state index contributed by atoms with van der Waals surface area (Å²) in [7, 11) is 0. The minimum atomic E-state index is 0.508. The number of nitrogen functional groups attached to an aromatic ring is 1. The third-order valence-electron chi connectivity index (χ3n) is 1.05.